The van der Waals surface area contributed by atoms with Crippen molar-refractivity contribution in [2.24, 2.45) is 11.7 Å². The summed E-state index contributed by atoms with van der Waals surface area (Å²) in [6.07, 6.45) is -3.37. The summed E-state index contributed by atoms with van der Waals surface area (Å²) in [5, 5.41) is 33.1. The number of nitro benzene ring substituents is 2. The van der Waals surface area contributed by atoms with E-state index in [9.17, 15) is 82.1 Å². The van der Waals surface area contributed by atoms with Crippen molar-refractivity contribution in [1.82, 2.24) is 20.8 Å². The Morgan fingerprint density at radius 2 is 0.562 bits per heavy atom. The Hall–Kier alpha value is -14.4. The molecular formula is C104H116ClN7O30P2. The predicted octanol–water partition coefficient (Wildman–Crippen LogP) is 16.3. The first-order valence-corrected chi connectivity index (χ1v) is 48.9. The number of nitrogens with zero attached hydrogens (tertiary/aromatic N) is 2. The minimum atomic E-state index is -4.72. The molecule has 144 heavy (non-hydrogen) atoms. The molecule has 0 spiro atoms. The van der Waals surface area contributed by atoms with Gasteiger partial charge in [0.25, 0.3) is 11.4 Å². The number of nitrogens with one attached hydrogen (secondary N) is 4. The van der Waals surface area contributed by atoms with Crippen LogP contribution in [0.25, 0.3) is 0 Å². The summed E-state index contributed by atoms with van der Waals surface area (Å²) in [5.41, 5.74) is 10.9. The van der Waals surface area contributed by atoms with Crippen molar-refractivity contribution >= 4 is 105 Å². The zero-order chi connectivity index (χ0) is 103. The molecule has 0 fully saturated rings. The topological polar surface area (TPSA) is 502 Å². The van der Waals surface area contributed by atoms with Gasteiger partial charge in [-0.1, -0.05) is 243 Å². The van der Waals surface area contributed by atoms with Crippen LogP contribution in [0.4, 0.5) is 11.4 Å². The van der Waals surface area contributed by atoms with E-state index >= 15 is 0 Å². The third-order valence-corrected chi connectivity index (χ3v) is 24.1. The van der Waals surface area contributed by atoms with E-state index in [1.807, 2.05) is 18.2 Å². The number of ether oxygens (including phenoxy) is 9. The average Bonchev–Trinajstić information content (AvgIpc) is 0.845. The summed E-state index contributed by atoms with van der Waals surface area (Å²) in [6, 6.07) is 74.0. The third-order valence-electron chi connectivity index (χ3n) is 20.8. The maximum Gasteiger partial charge on any atom is 0.406 e. The first-order valence-electron chi connectivity index (χ1n) is 45.8. The first-order chi connectivity index (χ1) is 68.8. The number of non-ortho nitro benzene ring substituents is 2. The Labute approximate surface area is 838 Å². The van der Waals surface area contributed by atoms with Crippen LogP contribution in [-0.4, -0.2) is 124 Å². The van der Waals surface area contributed by atoms with Gasteiger partial charge in [-0.2, -0.15) is 0 Å². The number of nitrogens with two attached hydrogens (primary N) is 1. The molecule has 0 aromatic heterocycles. The Morgan fingerprint density at radius 1 is 0.306 bits per heavy atom. The Bertz CT molecular complexity index is 5820. The molecule has 2 amide bonds. The maximum atomic E-state index is 14.9. The minimum Gasteiger partial charge on any atom is -0.461 e. The number of nitro groups is 2. The molecule has 40 heteroatoms. The van der Waals surface area contributed by atoms with Crippen LogP contribution in [0.3, 0.4) is 0 Å². The van der Waals surface area contributed by atoms with E-state index in [4.69, 9.17) is 66.5 Å². The quantitative estimate of drug-likeness (QED) is 0.00777. The van der Waals surface area contributed by atoms with E-state index < -0.39 is 165 Å². The van der Waals surface area contributed by atoms with Crippen molar-refractivity contribution in [3.8, 4) is 0 Å². The van der Waals surface area contributed by atoms with Crippen molar-refractivity contribution in [2.45, 2.75) is 193 Å². The van der Waals surface area contributed by atoms with Crippen molar-refractivity contribution in [2.75, 3.05) is 13.2 Å². The lowest BCUT2D eigenvalue weighted by atomic mass is 9.98. The van der Waals surface area contributed by atoms with E-state index in [1.54, 1.807) is 245 Å². The SMILES string of the molecule is CC(C)(C)OC(=O)CC(CCC(=O)NC(CCOP(=O)(NC(CCC(=O)OCc1ccccc1)C(=O)OCc1ccccc1)OCc1ccc([N+](=O)[O-])cc1)C(=O)OCc1ccccc1)C(=O)OCc1ccccc1.Cl.NC(CCC(=O)NC(CCOP(=O)(NC(CCC(=O)OCc1ccccc1)C(=O)OCc1ccccc1)OCc1ccc([N+](=O)[O-])cc1)C(=O)OCc1ccccc1)C(=O)OCc1ccccc1. The van der Waals surface area contributed by atoms with Crippen LogP contribution in [0, 0.1) is 26.1 Å². The molecule has 37 nitrogen and oxygen atoms in total. The smallest absolute Gasteiger partial charge is 0.406 e. The maximum absolute atomic E-state index is 14.9. The molecule has 764 valence electrons. The third kappa shape index (κ3) is 44.4. The molecular weight excluding hydrogens is 1920 g/mol. The van der Waals surface area contributed by atoms with Gasteiger partial charge in [0.2, 0.25) is 11.8 Å². The number of benzene rings is 10. The average molecular weight is 2040 g/mol. The highest BCUT2D eigenvalue weighted by Gasteiger charge is 2.39. The van der Waals surface area contributed by atoms with Gasteiger partial charge in [-0.05, 0) is 126 Å². The van der Waals surface area contributed by atoms with Gasteiger partial charge in [-0.25, -0.2) is 28.9 Å². The number of amides is 2. The fraction of sp³-hybridized carbons (Fsp3) is 0.317. The molecule has 0 aliphatic rings. The number of esters is 9. The van der Waals surface area contributed by atoms with Gasteiger partial charge in [0, 0.05) is 62.8 Å². The van der Waals surface area contributed by atoms with Crippen LogP contribution in [-0.2, 0) is 189 Å². The lowest BCUT2D eigenvalue weighted by Crippen LogP contribution is -2.43. The summed E-state index contributed by atoms with van der Waals surface area (Å²) in [4.78, 5) is 168. The molecule has 8 atom stereocenters. The van der Waals surface area contributed by atoms with Crippen molar-refractivity contribution in [3.05, 3.63) is 367 Å². The van der Waals surface area contributed by atoms with Crippen LogP contribution < -0.4 is 26.5 Å². The summed E-state index contributed by atoms with van der Waals surface area (Å²) in [7, 11) is -9.38. The van der Waals surface area contributed by atoms with Crippen LogP contribution in [0.2, 0.25) is 0 Å². The molecule has 0 bridgehead atoms. The fourth-order valence-electron chi connectivity index (χ4n) is 13.2. The number of rotatable bonds is 58. The van der Waals surface area contributed by atoms with E-state index in [0.717, 1.165) is 16.7 Å². The molecule has 10 rings (SSSR count). The number of carbonyl (C=O) groups is 11. The fourth-order valence-corrected chi connectivity index (χ4v) is 16.2. The minimum absolute atomic E-state index is 0. The molecule has 0 aliphatic carbocycles. The summed E-state index contributed by atoms with van der Waals surface area (Å²) in [5.74, 6) is -9.63. The van der Waals surface area contributed by atoms with Crippen molar-refractivity contribution in [1.29, 1.82) is 0 Å². The van der Waals surface area contributed by atoms with E-state index in [2.05, 4.69) is 20.8 Å². The number of hydrogen-bond acceptors (Lipinski definition) is 31. The molecule has 10 aromatic carbocycles. The Morgan fingerprint density at radius 3 is 0.847 bits per heavy atom. The summed E-state index contributed by atoms with van der Waals surface area (Å²) >= 11 is 0. The second-order valence-electron chi connectivity index (χ2n) is 33.3. The molecule has 0 aliphatic heterocycles. The summed E-state index contributed by atoms with van der Waals surface area (Å²) < 4.78 is 102. The van der Waals surface area contributed by atoms with E-state index in [0.29, 0.717) is 38.9 Å². The highest BCUT2D eigenvalue weighted by molar-refractivity contribution is 7.52. The van der Waals surface area contributed by atoms with Gasteiger partial charge in [0.15, 0.2) is 0 Å². The Balaban J connectivity index is 0.000000351. The molecule has 10 aromatic rings. The van der Waals surface area contributed by atoms with Crippen LogP contribution >= 0.6 is 27.9 Å². The molecule has 0 saturated heterocycles. The van der Waals surface area contributed by atoms with Gasteiger partial charge in [-0.15, -0.1) is 12.4 Å². The predicted molar refractivity (Wildman–Crippen MR) is 526 cm³/mol. The normalized spacial score (nSPS) is 13.1. The van der Waals surface area contributed by atoms with Gasteiger partial charge < -0.3 is 59.0 Å². The van der Waals surface area contributed by atoms with Gasteiger partial charge >= 0.3 is 69.2 Å². The van der Waals surface area contributed by atoms with E-state index in [-0.39, 0.29) is 141 Å². The molecule has 8 unspecified atom stereocenters. The standard InChI is InChI=1S/C55H62N3O16P.C49H53N4O14P.ClH/c1-55(2,3)74-51(61)34-45(52(62)69-36-41-18-10-5-11-19-41)26-30-49(59)56-47(53(63)70-37-42-20-12-6-13-21-42)32-33-72-75(67,73-39-44-24-27-46(28-25-44)58(65)66)57-48(54(64)71-38-43-22-14-7-15-23-43)29-31-50(60)68-35-40-16-8-4-9-17-40;50-42(47(56)63-32-37-15-7-2-8-16-37)25-27-45(54)51-43(48(57)64-33-38-17-9-3-10-18-38)29-30-66-68(61,67-35-40-21-23-41(24-22-40)53(59)60)52-44(49(58)65-34-39-19-11-4-12-20-39)26-28-46(55)62-31-36-13-5-1-6-14-36;/h4-25,27-28,45,47-48H,26,29-39H2,1-3H3,(H,56,59)(H,57,67);1-24,42-44H,25-35,50H2,(H,51,54)(H,52,61);1H. The molecule has 0 radical (unpaired) electrons. The van der Waals surface area contributed by atoms with Gasteiger partial charge in [0.1, 0.15) is 88.7 Å². The second-order valence-corrected chi connectivity index (χ2v) is 36.9. The van der Waals surface area contributed by atoms with Crippen LogP contribution in [0.5, 0.6) is 0 Å². The number of hydrogen-bond donors (Lipinski definition) is 5. The largest absolute Gasteiger partial charge is 0.461 e. The zero-order valence-electron chi connectivity index (χ0n) is 79.5. The van der Waals surface area contributed by atoms with Crippen molar-refractivity contribution in [3.63, 3.8) is 0 Å². The zero-order valence-corrected chi connectivity index (χ0v) is 82.1. The van der Waals surface area contributed by atoms with E-state index in [1.165, 1.54) is 48.5 Å². The first kappa shape index (κ1) is 115. The highest BCUT2D eigenvalue weighted by atomic mass is 35.5. The molecule has 0 heterocycles. The number of halogens is 1. The summed E-state index contributed by atoms with van der Waals surface area (Å²) in [6.45, 7) is 2.11. The van der Waals surface area contributed by atoms with Gasteiger partial charge in [-0.3, -0.25) is 81.5 Å². The lowest BCUT2D eigenvalue weighted by Gasteiger charge is -2.25. The lowest BCUT2D eigenvalue weighted by molar-refractivity contribution is -0.385. The Kier molecular flexibility index (Phi) is 49.1. The highest BCUT2D eigenvalue weighted by Crippen LogP contribution is 2.48. The van der Waals surface area contributed by atoms with Crippen LogP contribution in [0.1, 0.15) is 147 Å². The molecule has 0 saturated carbocycles. The van der Waals surface area contributed by atoms with Gasteiger partial charge in [0.05, 0.1) is 48.6 Å². The van der Waals surface area contributed by atoms with Crippen molar-refractivity contribution < 1.29 is 132 Å². The molecule has 6 N–H and O–H groups in total. The monoisotopic (exact) mass is 2040 g/mol. The van der Waals surface area contributed by atoms with Crippen LogP contribution in [0.15, 0.2) is 291 Å². The second kappa shape index (κ2) is 61.5. The number of carbonyl (C=O) groups excluding carboxylic acids is 11.